The largest absolute Gasteiger partial charge is 0.489 e. The number of nitrogens with zero attached hydrogens (tertiary/aromatic N) is 3. The van der Waals surface area contributed by atoms with Crippen molar-refractivity contribution in [2.24, 2.45) is 5.73 Å². The van der Waals surface area contributed by atoms with Crippen LogP contribution in [-0.4, -0.2) is 74.2 Å². The lowest BCUT2D eigenvalue weighted by molar-refractivity contribution is -0.138. The van der Waals surface area contributed by atoms with Gasteiger partial charge in [-0.25, -0.2) is 18.9 Å². The van der Waals surface area contributed by atoms with Crippen molar-refractivity contribution < 1.29 is 52.3 Å². The maximum absolute atomic E-state index is 14.3. The molecule has 19 heteroatoms. The van der Waals surface area contributed by atoms with Gasteiger partial charge < -0.3 is 29.9 Å². The van der Waals surface area contributed by atoms with E-state index in [-0.39, 0.29) is 51.4 Å². The van der Waals surface area contributed by atoms with E-state index in [1.807, 2.05) is 30.3 Å². The molecule has 2 aromatic carbocycles. The van der Waals surface area contributed by atoms with Crippen molar-refractivity contribution in [3.8, 4) is 22.8 Å². The first kappa shape index (κ1) is 50.3. The number of thioether (sulfide) groups is 1. The van der Waals surface area contributed by atoms with Crippen molar-refractivity contribution in [2.45, 2.75) is 104 Å². The number of unbranched alkanes of at least 4 members (excludes halogenated alkanes) is 5. The van der Waals surface area contributed by atoms with Gasteiger partial charge in [0.1, 0.15) is 23.3 Å². The number of aromatic nitrogens is 2. The van der Waals surface area contributed by atoms with Crippen molar-refractivity contribution >= 4 is 71.3 Å². The van der Waals surface area contributed by atoms with Gasteiger partial charge in [-0.3, -0.25) is 14.2 Å². The lowest BCUT2D eigenvalue weighted by atomic mass is 10.1. The molecule has 0 spiro atoms. The molecule has 1 aromatic heterocycles. The Bertz CT molecular complexity index is 2010. The number of carboxylic acid groups (broad SMARTS) is 1. The molecule has 1 aliphatic heterocycles. The van der Waals surface area contributed by atoms with Gasteiger partial charge in [0.05, 0.1) is 16.8 Å². The highest BCUT2D eigenvalue weighted by Gasteiger charge is 2.40. The lowest BCUT2D eigenvalue weighted by Crippen LogP contribution is -2.30. The third-order valence-electron chi connectivity index (χ3n) is 8.92. The van der Waals surface area contributed by atoms with Crippen LogP contribution in [0.5, 0.6) is 11.5 Å². The molecule has 5 rings (SSSR count). The van der Waals surface area contributed by atoms with E-state index >= 15 is 0 Å². The van der Waals surface area contributed by atoms with Crippen molar-refractivity contribution in [2.75, 3.05) is 23.5 Å². The van der Waals surface area contributed by atoms with Gasteiger partial charge in [-0.15, -0.1) is 10.2 Å². The van der Waals surface area contributed by atoms with Crippen LogP contribution in [0.15, 0.2) is 59.9 Å². The van der Waals surface area contributed by atoms with Crippen LogP contribution in [0.2, 0.25) is 10.2 Å². The Morgan fingerprint density at radius 2 is 1.68 bits per heavy atom. The van der Waals surface area contributed by atoms with Gasteiger partial charge in [0.25, 0.3) is 0 Å². The smallest absolute Gasteiger partial charge is 0.427 e. The number of carboxylic acids is 1. The van der Waals surface area contributed by atoms with Crippen molar-refractivity contribution in [1.82, 2.24) is 10.2 Å². The Kier molecular flexibility index (Phi) is 21.0. The first-order valence-corrected chi connectivity index (χ1v) is 23.6. The van der Waals surface area contributed by atoms with E-state index in [1.165, 1.54) is 56.2 Å². The molecule has 328 valence electrons. The summed E-state index contributed by atoms with van der Waals surface area (Å²) in [5.41, 5.74) is 6.74. The maximum atomic E-state index is 14.3. The molecule has 1 saturated heterocycles. The summed E-state index contributed by atoms with van der Waals surface area (Å²) in [4.78, 5) is 56.0. The van der Waals surface area contributed by atoms with Crippen LogP contribution in [-0.2, 0) is 18.9 Å². The summed E-state index contributed by atoms with van der Waals surface area (Å²) in [6.45, 7) is 6.66. The molecule has 1 saturated carbocycles. The number of rotatable bonds is 16. The number of halogens is 3. The molecule has 1 aliphatic carbocycles. The number of aliphatic carboxylic acids is 1. The van der Waals surface area contributed by atoms with Crippen LogP contribution in [0.3, 0.4) is 0 Å². The molecule has 2 amide bonds. The topological polar surface area (TPSA) is 209 Å². The molecular formula is C41H52Cl2FN4O10PS. The molecule has 2 unspecified atom stereocenters. The fourth-order valence-electron chi connectivity index (χ4n) is 5.74. The molecule has 3 aromatic rings. The third kappa shape index (κ3) is 16.8. The Morgan fingerprint density at radius 1 is 1.03 bits per heavy atom. The van der Waals surface area contributed by atoms with Crippen molar-refractivity contribution in [3.05, 3.63) is 75.9 Å². The zero-order valence-corrected chi connectivity index (χ0v) is 37.3. The summed E-state index contributed by atoms with van der Waals surface area (Å²) >= 11 is 13.1. The second kappa shape index (κ2) is 25.0. The van der Waals surface area contributed by atoms with E-state index in [0.717, 1.165) is 55.9 Å². The SMILES string of the molecule is CC(C)=C1OC(=O)N(c2cc(OC3CCCC3)c(Cl)cc2F)C1=O.CCCCCCCCSC(=O)Oc1cc(Cl)nnc1-c1ccccc1.CP(=O)(O)CCC(N)C(=O)O. The van der Waals surface area contributed by atoms with Crippen LogP contribution in [0.25, 0.3) is 11.3 Å². The van der Waals surface area contributed by atoms with Gasteiger partial charge in [0, 0.05) is 36.3 Å². The van der Waals surface area contributed by atoms with Gasteiger partial charge in [-0.1, -0.05) is 92.6 Å². The minimum atomic E-state index is -3.10. The zero-order chi connectivity index (χ0) is 44.4. The Hall–Kier alpha value is -4.05. The Labute approximate surface area is 363 Å². The second-order valence-electron chi connectivity index (χ2n) is 14.3. The lowest BCUT2D eigenvalue weighted by Gasteiger charge is -2.18. The van der Waals surface area contributed by atoms with Gasteiger partial charge in [-0.2, -0.15) is 0 Å². The number of benzene rings is 2. The number of carbonyl (C=O) groups is 4. The average molecular weight is 914 g/mol. The summed E-state index contributed by atoms with van der Waals surface area (Å²) in [5, 5.41) is 16.2. The average Bonchev–Trinajstić information content (AvgIpc) is 3.82. The fourth-order valence-corrected chi connectivity index (χ4v) is 7.49. The molecular weight excluding hydrogens is 861 g/mol. The van der Waals surface area contributed by atoms with Crippen LogP contribution in [0, 0.1) is 5.82 Å². The molecule has 14 nitrogen and oxygen atoms in total. The first-order chi connectivity index (χ1) is 28.4. The van der Waals surface area contributed by atoms with Gasteiger partial charge in [0.2, 0.25) is 0 Å². The highest BCUT2D eigenvalue weighted by molar-refractivity contribution is 8.13. The number of amides is 2. The van der Waals surface area contributed by atoms with E-state index in [0.29, 0.717) is 21.9 Å². The standard InChI is InChI=1S/C19H23ClN2O2S.C17H17ClFNO4.C5H12NO4P/c1-2-3-4-5-6-10-13-25-19(23)24-16-14-17(20)21-22-18(16)15-11-8-7-9-12-15;1-9(2)15-16(21)20(17(22)24-15)13-8-14(11(18)7-12(13)19)23-10-5-3-4-6-10;1-11(9,10)3-2-4(6)5(7)8/h7-9,11-12,14H,2-6,10,13H2,1H3;7-8,10H,3-6H2,1-2H3;4H,2-3,6H2,1H3,(H,7,8)(H,9,10). The molecule has 2 heterocycles. The second-order valence-corrected chi connectivity index (χ2v) is 18.7. The van der Waals surface area contributed by atoms with E-state index < -0.39 is 37.2 Å². The minimum Gasteiger partial charge on any atom is -0.489 e. The van der Waals surface area contributed by atoms with Crippen LogP contribution in [0.4, 0.5) is 19.7 Å². The fraction of sp³-hybridized carbons (Fsp3) is 0.463. The summed E-state index contributed by atoms with van der Waals surface area (Å²) in [6, 6.07) is 12.3. The number of carbonyl (C=O) groups excluding carboxylic acids is 3. The summed E-state index contributed by atoms with van der Waals surface area (Å²) in [7, 11) is -3.10. The predicted octanol–water partition coefficient (Wildman–Crippen LogP) is 10.7. The molecule has 2 aliphatic rings. The number of nitrogens with two attached hydrogens (primary N) is 1. The number of cyclic esters (lactones) is 1. The monoisotopic (exact) mass is 912 g/mol. The van der Waals surface area contributed by atoms with E-state index in [9.17, 15) is 28.1 Å². The highest BCUT2D eigenvalue weighted by atomic mass is 35.5. The summed E-state index contributed by atoms with van der Waals surface area (Å²) in [5.74, 6) is -1.37. The van der Waals surface area contributed by atoms with Gasteiger partial charge >= 0.3 is 23.3 Å². The number of hydrogen-bond acceptors (Lipinski definition) is 12. The highest BCUT2D eigenvalue weighted by Crippen LogP contribution is 2.38. The quantitative estimate of drug-likeness (QED) is 0.0529. The maximum Gasteiger partial charge on any atom is 0.427 e. The number of ether oxygens (including phenoxy) is 3. The Morgan fingerprint density at radius 3 is 2.28 bits per heavy atom. The van der Waals surface area contributed by atoms with Crippen molar-refractivity contribution in [3.63, 3.8) is 0 Å². The van der Waals surface area contributed by atoms with Crippen LogP contribution in [0.1, 0.15) is 91.4 Å². The molecule has 2 atom stereocenters. The molecule has 4 N–H and O–H groups in total. The normalized spacial score (nSPS) is 15.2. The van der Waals surface area contributed by atoms with Crippen LogP contribution < -0.4 is 20.1 Å². The number of hydrogen-bond donors (Lipinski definition) is 3. The minimum absolute atomic E-state index is 0.00962. The van der Waals surface area contributed by atoms with Gasteiger partial charge in [0.15, 0.2) is 24.0 Å². The summed E-state index contributed by atoms with van der Waals surface area (Å²) < 4.78 is 41.2. The Balaban J connectivity index is 0.000000259. The molecule has 60 heavy (non-hydrogen) atoms. The van der Waals surface area contributed by atoms with Gasteiger partial charge in [-0.05, 0) is 75.8 Å². The van der Waals surface area contributed by atoms with Crippen molar-refractivity contribution in [1.29, 1.82) is 0 Å². The van der Waals surface area contributed by atoms with Crippen LogP contribution >= 0.6 is 42.3 Å². The number of allylic oxidation sites excluding steroid dienone is 1. The molecule has 0 radical (unpaired) electrons. The van der Waals surface area contributed by atoms with E-state index in [1.54, 1.807) is 13.8 Å². The number of imide groups is 1. The molecule has 2 fully saturated rings. The first-order valence-electron chi connectivity index (χ1n) is 19.5. The summed E-state index contributed by atoms with van der Waals surface area (Å²) in [6.07, 6.45) is 10.2. The zero-order valence-electron chi connectivity index (χ0n) is 34.0. The van der Waals surface area contributed by atoms with E-state index in [4.69, 9.17) is 53.1 Å². The third-order valence-corrected chi connectivity index (χ3v) is 11.3. The van der Waals surface area contributed by atoms with E-state index in [2.05, 4.69) is 17.1 Å². The predicted molar refractivity (Wildman–Crippen MR) is 232 cm³/mol. The molecule has 0 bridgehead atoms. The number of anilines is 1.